The van der Waals surface area contributed by atoms with Crippen molar-refractivity contribution >= 4 is 11.8 Å². The minimum absolute atomic E-state index is 0.198. The smallest absolute Gasteiger partial charge is 0.343 e. The van der Waals surface area contributed by atoms with Crippen molar-refractivity contribution in [3.05, 3.63) is 125 Å². The van der Waals surface area contributed by atoms with Gasteiger partial charge in [-0.2, -0.15) is 0 Å². The Hall–Kier alpha value is -3.98. The Labute approximate surface area is 188 Å². The molecule has 0 atom stereocenters. The summed E-state index contributed by atoms with van der Waals surface area (Å²) in [7, 11) is 0. The molecule has 0 aliphatic carbocycles. The lowest BCUT2D eigenvalue weighted by Gasteiger charge is -2.07. The second-order valence-corrected chi connectivity index (χ2v) is 7.85. The zero-order chi connectivity index (χ0) is 22.3. The Morgan fingerprint density at radius 3 is 1.75 bits per heavy atom. The quantitative estimate of drug-likeness (QED) is 0.263. The van der Waals surface area contributed by atoms with E-state index in [-0.39, 0.29) is 11.8 Å². The Bertz CT molecular complexity index is 1190. The van der Waals surface area contributed by atoms with Gasteiger partial charge in [0.1, 0.15) is 11.5 Å². The molecule has 0 N–H and O–H groups in total. The van der Waals surface area contributed by atoms with E-state index in [0.717, 1.165) is 27.8 Å². The monoisotopic (exact) mass is 420 g/mol. The second kappa shape index (κ2) is 9.88. The molecule has 4 rings (SSSR count). The molecule has 3 nitrogen and oxygen atoms in total. The molecule has 0 aliphatic heterocycles. The third kappa shape index (κ3) is 5.58. The molecule has 0 bridgehead atoms. The first kappa shape index (κ1) is 21.3. The van der Waals surface area contributed by atoms with Crippen LogP contribution < -0.4 is 4.74 Å². The van der Waals surface area contributed by atoms with Gasteiger partial charge in [-0.3, -0.25) is 4.79 Å². The van der Waals surface area contributed by atoms with E-state index in [1.807, 2.05) is 85.8 Å². The first-order valence-electron chi connectivity index (χ1n) is 10.6. The maximum atomic E-state index is 12.3. The van der Waals surface area contributed by atoms with Crippen molar-refractivity contribution in [1.29, 1.82) is 0 Å². The van der Waals surface area contributed by atoms with E-state index in [1.54, 1.807) is 24.3 Å². The van der Waals surface area contributed by atoms with Crippen LogP contribution in [0.25, 0.3) is 11.1 Å². The molecule has 0 amide bonds. The molecule has 0 fully saturated rings. The van der Waals surface area contributed by atoms with Crippen LogP contribution in [0.5, 0.6) is 5.75 Å². The van der Waals surface area contributed by atoms with Gasteiger partial charge in [0.25, 0.3) is 0 Å². The molecule has 158 valence electrons. The minimum Gasteiger partial charge on any atom is -0.423 e. The number of rotatable bonds is 7. The number of esters is 1. The topological polar surface area (TPSA) is 43.4 Å². The second-order valence-electron chi connectivity index (χ2n) is 7.85. The summed E-state index contributed by atoms with van der Waals surface area (Å²) in [4.78, 5) is 24.6. The van der Waals surface area contributed by atoms with E-state index in [4.69, 9.17) is 4.74 Å². The van der Waals surface area contributed by atoms with Crippen molar-refractivity contribution in [1.82, 2.24) is 0 Å². The number of hydrogen-bond acceptors (Lipinski definition) is 3. The number of benzene rings is 4. The van der Waals surface area contributed by atoms with Crippen molar-refractivity contribution in [2.75, 3.05) is 0 Å². The molecule has 0 aromatic heterocycles. The lowest BCUT2D eigenvalue weighted by atomic mass is 9.99. The van der Waals surface area contributed by atoms with E-state index in [2.05, 4.69) is 0 Å². The van der Waals surface area contributed by atoms with Crippen LogP contribution in [0.4, 0.5) is 0 Å². The van der Waals surface area contributed by atoms with Crippen molar-refractivity contribution in [3.63, 3.8) is 0 Å². The van der Waals surface area contributed by atoms with Crippen LogP contribution in [0.15, 0.2) is 103 Å². The van der Waals surface area contributed by atoms with Gasteiger partial charge in [0.05, 0.1) is 5.56 Å². The van der Waals surface area contributed by atoms with Gasteiger partial charge in [-0.05, 0) is 53.4 Å². The minimum atomic E-state index is -0.373. The normalized spacial score (nSPS) is 10.5. The summed E-state index contributed by atoms with van der Waals surface area (Å²) in [5, 5.41) is 0. The molecule has 3 heteroatoms. The largest absolute Gasteiger partial charge is 0.423 e. The Morgan fingerprint density at radius 1 is 0.625 bits per heavy atom. The van der Waals surface area contributed by atoms with Crippen LogP contribution in [0, 0.1) is 6.92 Å². The van der Waals surface area contributed by atoms with E-state index < -0.39 is 0 Å². The standard InChI is InChI=1S/C29H24O3/c1-21-7-11-26(12-8-21)29(31)32-28-17-15-25(16-18-28)24-13-9-23(10-14-24)20-27(30)19-22-5-3-2-4-6-22/h2-18H,19-20H2,1H3. The average molecular weight is 421 g/mol. The first-order valence-corrected chi connectivity index (χ1v) is 10.6. The zero-order valence-electron chi connectivity index (χ0n) is 18.0. The molecule has 0 unspecified atom stereocenters. The number of hydrogen-bond donors (Lipinski definition) is 0. The van der Waals surface area contributed by atoms with Crippen molar-refractivity contribution in [2.45, 2.75) is 19.8 Å². The van der Waals surface area contributed by atoms with Crippen molar-refractivity contribution < 1.29 is 14.3 Å². The van der Waals surface area contributed by atoms with E-state index >= 15 is 0 Å². The molecule has 32 heavy (non-hydrogen) atoms. The Balaban J connectivity index is 1.36. The zero-order valence-corrected chi connectivity index (χ0v) is 18.0. The highest BCUT2D eigenvalue weighted by Gasteiger charge is 2.09. The number of carbonyl (C=O) groups is 2. The highest BCUT2D eigenvalue weighted by molar-refractivity contribution is 5.91. The van der Waals surface area contributed by atoms with E-state index in [1.165, 1.54) is 0 Å². The lowest BCUT2D eigenvalue weighted by molar-refractivity contribution is -0.117. The van der Waals surface area contributed by atoms with Crippen LogP contribution in [-0.4, -0.2) is 11.8 Å². The van der Waals surface area contributed by atoms with Crippen molar-refractivity contribution in [3.8, 4) is 16.9 Å². The molecule has 4 aromatic carbocycles. The summed E-state index contributed by atoms with van der Waals surface area (Å²) in [6.07, 6.45) is 0.869. The predicted molar refractivity (Wildman–Crippen MR) is 127 cm³/mol. The summed E-state index contributed by atoms with van der Waals surface area (Å²) in [5.41, 5.74) is 5.72. The van der Waals surface area contributed by atoms with Crippen LogP contribution in [0.3, 0.4) is 0 Å². The van der Waals surface area contributed by atoms with Crippen LogP contribution in [-0.2, 0) is 17.6 Å². The molecule has 0 saturated carbocycles. The lowest BCUT2D eigenvalue weighted by Crippen LogP contribution is -2.08. The van der Waals surface area contributed by atoms with Gasteiger partial charge in [-0.25, -0.2) is 4.79 Å². The fourth-order valence-corrected chi connectivity index (χ4v) is 3.50. The highest BCUT2D eigenvalue weighted by Crippen LogP contribution is 2.24. The fraction of sp³-hybridized carbons (Fsp3) is 0.103. The third-order valence-electron chi connectivity index (χ3n) is 5.28. The van der Waals surface area contributed by atoms with Gasteiger partial charge < -0.3 is 4.74 Å². The molecule has 0 radical (unpaired) electrons. The molecule has 0 aliphatic rings. The van der Waals surface area contributed by atoms with E-state index in [0.29, 0.717) is 24.2 Å². The van der Waals surface area contributed by atoms with Gasteiger partial charge in [-0.1, -0.05) is 84.4 Å². The molecular weight excluding hydrogens is 396 g/mol. The van der Waals surface area contributed by atoms with E-state index in [9.17, 15) is 9.59 Å². The van der Waals surface area contributed by atoms with Crippen LogP contribution in [0.2, 0.25) is 0 Å². The van der Waals surface area contributed by atoms with Gasteiger partial charge in [0.2, 0.25) is 0 Å². The predicted octanol–water partition coefficient (Wildman–Crippen LogP) is 6.24. The molecule has 4 aromatic rings. The number of ketones is 1. The third-order valence-corrected chi connectivity index (χ3v) is 5.28. The van der Waals surface area contributed by atoms with Gasteiger partial charge in [0, 0.05) is 12.8 Å². The molecule has 0 saturated heterocycles. The van der Waals surface area contributed by atoms with Crippen LogP contribution in [0.1, 0.15) is 27.0 Å². The number of Topliss-reactive ketones (excluding diaryl/α,β-unsaturated/α-hetero) is 1. The maximum Gasteiger partial charge on any atom is 0.343 e. The average Bonchev–Trinajstić information content (AvgIpc) is 2.81. The van der Waals surface area contributed by atoms with Crippen molar-refractivity contribution in [2.24, 2.45) is 0 Å². The molecular formula is C29H24O3. The van der Waals surface area contributed by atoms with Gasteiger partial charge in [0.15, 0.2) is 0 Å². The maximum absolute atomic E-state index is 12.3. The fourth-order valence-electron chi connectivity index (χ4n) is 3.50. The molecule has 0 spiro atoms. The molecule has 0 heterocycles. The van der Waals surface area contributed by atoms with Gasteiger partial charge >= 0.3 is 5.97 Å². The number of carbonyl (C=O) groups excluding carboxylic acids is 2. The summed E-state index contributed by atoms with van der Waals surface area (Å²) in [6, 6.07) is 32.5. The van der Waals surface area contributed by atoms with Gasteiger partial charge in [-0.15, -0.1) is 0 Å². The summed E-state index contributed by atoms with van der Waals surface area (Å²) >= 11 is 0. The number of ether oxygens (including phenoxy) is 1. The summed E-state index contributed by atoms with van der Waals surface area (Å²) in [5.74, 6) is 0.327. The Morgan fingerprint density at radius 2 is 1.16 bits per heavy atom. The first-order chi connectivity index (χ1) is 15.6. The number of aryl methyl sites for hydroxylation is 1. The Kier molecular flexibility index (Phi) is 6.57. The summed E-state index contributed by atoms with van der Waals surface area (Å²) in [6.45, 7) is 1.98. The van der Waals surface area contributed by atoms with Crippen LogP contribution >= 0.6 is 0 Å². The SMILES string of the molecule is Cc1ccc(C(=O)Oc2ccc(-c3ccc(CC(=O)Cc4ccccc4)cc3)cc2)cc1. The highest BCUT2D eigenvalue weighted by atomic mass is 16.5. The summed E-state index contributed by atoms with van der Waals surface area (Å²) < 4.78 is 5.47.